The van der Waals surface area contributed by atoms with Crippen LogP contribution in [-0.2, 0) is 11.8 Å². The van der Waals surface area contributed by atoms with Gasteiger partial charge >= 0.3 is 0 Å². The number of benzene rings is 2. The van der Waals surface area contributed by atoms with Gasteiger partial charge in [0, 0.05) is 19.0 Å². The number of amides is 1. The zero-order valence-electron chi connectivity index (χ0n) is 13.9. The lowest BCUT2D eigenvalue weighted by Gasteiger charge is -2.26. The van der Waals surface area contributed by atoms with Gasteiger partial charge in [-0.3, -0.25) is 4.79 Å². The Morgan fingerprint density at radius 3 is 2.96 bits per heavy atom. The molecule has 2 heterocycles. The number of nitrogens with one attached hydrogen (secondary N) is 1. The second-order valence-corrected chi connectivity index (χ2v) is 6.97. The maximum Gasteiger partial charge on any atom is 0.230 e. The van der Waals surface area contributed by atoms with Gasteiger partial charge in [-0.1, -0.05) is 42.1 Å². The zero-order valence-corrected chi connectivity index (χ0v) is 14.8. The van der Waals surface area contributed by atoms with Gasteiger partial charge in [0.2, 0.25) is 5.91 Å². The number of thioether (sulfide) groups is 1. The van der Waals surface area contributed by atoms with Crippen molar-refractivity contribution in [3.8, 4) is 5.75 Å². The van der Waals surface area contributed by atoms with Crippen LogP contribution in [0, 0.1) is 0 Å². The average Bonchev–Trinajstić information content (AvgIpc) is 2.97. The third-order valence-corrected chi connectivity index (χ3v) is 5.40. The quantitative estimate of drug-likeness (QED) is 0.731. The van der Waals surface area contributed by atoms with Crippen molar-refractivity contribution < 1.29 is 9.53 Å². The van der Waals surface area contributed by atoms with Gasteiger partial charge in [-0.25, -0.2) is 4.98 Å². The summed E-state index contributed by atoms with van der Waals surface area (Å²) in [6.45, 7) is 0.625. The summed E-state index contributed by atoms with van der Waals surface area (Å²) in [5.74, 6) is 1.22. The molecule has 0 saturated carbocycles. The predicted octanol–water partition coefficient (Wildman–Crippen LogP) is 3.31. The summed E-state index contributed by atoms with van der Waals surface area (Å²) in [4.78, 5) is 17.0. The van der Waals surface area contributed by atoms with Crippen LogP contribution in [0.25, 0.3) is 11.0 Å². The number of nitrogens with zero attached hydrogens (tertiary/aromatic N) is 2. The van der Waals surface area contributed by atoms with Crippen LogP contribution >= 0.6 is 11.8 Å². The van der Waals surface area contributed by atoms with Gasteiger partial charge < -0.3 is 14.6 Å². The molecule has 1 aliphatic heterocycles. The fraction of sp³-hybridized carbons (Fsp3) is 0.263. The highest BCUT2D eigenvalue weighted by atomic mass is 32.2. The van der Waals surface area contributed by atoms with E-state index >= 15 is 0 Å². The van der Waals surface area contributed by atoms with E-state index in [2.05, 4.69) is 10.3 Å². The van der Waals surface area contributed by atoms with Crippen molar-refractivity contribution in [2.24, 2.45) is 7.05 Å². The SMILES string of the molecule is Cn1c(SCC(=O)N[C@@H]2CCOc3ccccc32)nc2ccccc21. The number of aryl methyl sites for hydroxylation is 1. The van der Waals surface area contributed by atoms with Crippen molar-refractivity contribution in [3.63, 3.8) is 0 Å². The Hall–Kier alpha value is -2.47. The van der Waals surface area contributed by atoms with Gasteiger partial charge in [0.1, 0.15) is 5.75 Å². The standard InChI is InChI=1S/C19H19N3O2S/c1-22-16-8-4-3-7-15(16)21-19(22)25-12-18(23)20-14-10-11-24-17-9-5-2-6-13(14)17/h2-9,14H,10-12H2,1H3,(H,20,23)/t14-/m1/s1. The van der Waals surface area contributed by atoms with Crippen LogP contribution in [0.2, 0.25) is 0 Å². The molecule has 1 aromatic heterocycles. The Kier molecular flexibility index (Phi) is 4.36. The van der Waals surface area contributed by atoms with Gasteiger partial charge in [0.05, 0.1) is 29.4 Å². The molecule has 0 bridgehead atoms. The molecule has 0 saturated heterocycles. The van der Waals surface area contributed by atoms with Crippen LogP contribution < -0.4 is 10.1 Å². The zero-order chi connectivity index (χ0) is 17.2. The third-order valence-electron chi connectivity index (χ3n) is 4.37. The number of para-hydroxylation sites is 3. The third kappa shape index (κ3) is 3.22. The molecule has 128 valence electrons. The van der Waals surface area contributed by atoms with E-state index < -0.39 is 0 Å². The molecule has 25 heavy (non-hydrogen) atoms. The predicted molar refractivity (Wildman–Crippen MR) is 98.9 cm³/mol. The van der Waals surface area contributed by atoms with Gasteiger partial charge in [-0.05, 0) is 18.2 Å². The molecule has 5 nitrogen and oxygen atoms in total. The van der Waals surface area contributed by atoms with E-state index in [0.717, 1.165) is 33.9 Å². The lowest BCUT2D eigenvalue weighted by Crippen LogP contribution is -2.33. The molecule has 0 unspecified atom stereocenters. The molecular formula is C19H19N3O2S. The highest BCUT2D eigenvalue weighted by molar-refractivity contribution is 7.99. The second kappa shape index (κ2) is 6.80. The Morgan fingerprint density at radius 2 is 2.08 bits per heavy atom. The Balaban J connectivity index is 1.42. The minimum atomic E-state index is 0.0125. The van der Waals surface area contributed by atoms with E-state index in [-0.39, 0.29) is 11.9 Å². The van der Waals surface area contributed by atoms with Crippen LogP contribution in [0.4, 0.5) is 0 Å². The summed E-state index contributed by atoms with van der Waals surface area (Å²) < 4.78 is 7.67. The number of aromatic nitrogens is 2. The number of carbonyl (C=O) groups is 1. The minimum Gasteiger partial charge on any atom is -0.493 e. The van der Waals surface area contributed by atoms with E-state index in [1.54, 1.807) is 0 Å². The van der Waals surface area contributed by atoms with E-state index in [4.69, 9.17) is 4.74 Å². The molecular weight excluding hydrogens is 334 g/mol. The Labute approximate surface area is 150 Å². The van der Waals surface area contributed by atoms with Crippen LogP contribution in [0.1, 0.15) is 18.0 Å². The van der Waals surface area contributed by atoms with Gasteiger partial charge in [0.15, 0.2) is 5.16 Å². The van der Waals surface area contributed by atoms with Crippen LogP contribution in [0.15, 0.2) is 53.7 Å². The summed E-state index contributed by atoms with van der Waals surface area (Å²) in [7, 11) is 1.98. The normalized spacial score (nSPS) is 16.3. The second-order valence-electron chi connectivity index (χ2n) is 6.03. The van der Waals surface area contributed by atoms with Crippen molar-refractivity contribution in [3.05, 3.63) is 54.1 Å². The van der Waals surface area contributed by atoms with Gasteiger partial charge in [-0.15, -0.1) is 0 Å². The van der Waals surface area contributed by atoms with Crippen molar-refractivity contribution in [1.82, 2.24) is 14.9 Å². The van der Waals surface area contributed by atoms with Crippen molar-refractivity contribution in [1.29, 1.82) is 0 Å². The Bertz CT molecular complexity index is 922. The average molecular weight is 353 g/mol. The molecule has 0 aliphatic carbocycles. The molecule has 1 amide bonds. The first-order valence-corrected chi connectivity index (χ1v) is 9.26. The van der Waals surface area contributed by atoms with Crippen molar-refractivity contribution in [2.45, 2.75) is 17.6 Å². The summed E-state index contributed by atoms with van der Waals surface area (Å²) in [6, 6.07) is 15.9. The number of hydrogen-bond donors (Lipinski definition) is 1. The number of ether oxygens (including phenoxy) is 1. The fourth-order valence-electron chi connectivity index (χ4n) is 3.11. The smallest absolute Gasteiger partial charge is 0.230 e. The van der Waals surface area contributed by atoms with E-state index in [9.17, 15) is 4.79 Å². The first-order valence-electron chi connectivity index (χ1n) is 8.28. The van der Waals surface area contributed by atoms with E-state index in [1.165, 1.54) is 11.8 Å². The van der Waals surface area contributed by atoms with E-state index in [1.807, 2.05) is 60.1 Å². The molecule has 6 heteroatoms. The largest absolute Gasteiger partial charge is 0.493 e. The van der Waals surface area contributed by atoms with Gasteiger partial charge in [0.25, 0.3) is 0 Å². The first-order chi connectivity index (χ1) is 12.2. The fourth-order valence-corrected chi connectivity index (χ4v) is 3.91. The Morgan fingerprint density at radius 1 is 1.28 bits per heavy atom. The molecule has 1 N–H and O–H groups in total. The minimum absolute atomic E-state index is 0.0125. The molecule has 0 spiro atoms. The topological polar surface area (TPSA) is 56.2 Å². The molecule has 0 radical (unpaired) electrons. The van der Waals surface area contributed by atoms with Crippen molar-refractivity contribution in [2.75, 3.05) is 12.4 Å². The van der Waals surface area contributed by atoms with Crippen LogP contribution in [0.5, 0.6) is 5.75 Å². The van der Waals surface area contributed by atoms with Crippen LogP contribution in [-0.4, -0.2) is 27.8 Å². The first kappa shape index (κ1) is 16.0. The van der Waals surface area contributed by atoms with E-state index in [0.29, 0.717) is 12.4 Å². The molecule has 3 aromatic rings. The number of carbonyl (C=O) groups excluding carboxylic acids is 1. The number of hydrogen-bond acceptors (Lipinski definition) is 4. The molecule has 1 aliphatic rings. The molecule has 0 fully saturated rings. The molecule has 1 atom stereocenters. The lowest BCUT2D eigenvalue weighted by molar-refractivity contribution is -0.119. The number of imidazole rings is 1. The molecule has 4 rings (SSSR count). The van der Waals surface area contributed by atoms with Crippen molar-refractivity contribution >= 4 is 28.7 Å². The number of fused-ring (bicyclic) bond motifs is 2. The molecule has 2 aromatic carbocycles. The highest BCUT2D eigenvalue weighted by Crippen LogP contribution is 2.31. The lowest BCUT2D eigenvalue weighted by atomic mass is 10.0. The summed E-state index contributed by atoms with van der Waals surface area (Å²) in [6.07, 6.45) is 0.791. The number of rotatable bonds is 4. The maximum absolute atomic E-state index is 12.4. The summed E-state index contributed by atoms with van der Waals surface area (Å²) in [5, 5.41) is 3.97. The van der Waals surface area contributed by atoms with Gasteiger partial charge in [-0.2, -0.15) is 0 Å². The highest BCUT2D eigenvalue weighted by Gasteiger charge is 2.22. The summed E-state index contributed by atoms with van der Waals surface area (Å²) >= 11 is 1.46. The maximum atomic E-state index is 12.4. The van der Waals surface area contributed by atoms with Crippen LogP contribution in [0.3, 0.4) is 0 Å². The summed E-state index contributed by atoms with van der Waals surface area (Å²) in [5.41, 5.74) is 3.07. The monoisotopic (exact) mass is 353 g/mol.